The number of likely N-dealkylation sites (N-methyl/N-ethyl adjacent to an activating group) is 2. The van der Waals surface area contributed by atoms with E-state index in [9.17, 15) is 4.79 Å². The van der Waals surface area contributed by atoms with E-state index in [-0.39, 0.29) is 5.91 Å². The smallest absolute Gasteiger partial charge is 0.233 e. The van der Waals surface area contributed by atoms with Crippen molar-refractivity contribution in [2.45, 2.75) is 26.8 Å². The molecule has 0 fully saturated rings. The third-order valence-electron chi connectivity index (χ3n) is 2.56. The molecular formula is C13H23N5O. The van der Waals surface area contributed by atoms with E-state index >= 15 is 0 Å². The van der Waals surface area contributed by atoms with E-state index < -0.39 is 0 Å². The molecule has 1 aromatic heterocycles. The number of amides is 1. The second kappa shape index (κ2) is 7.68. The van der Waals surface area contributed by atoms with Gasteiger partial charge in [0.15, 0.2) is 0 Å². The van der Waals surface area contributed by atoms with Crippen molar-refractivity contribution in [2.75, 3.05) is 32.5 Å². The van der Waals surface area contributed by atoms with Gasteiger partial charge in [-0.3, -0.25) is 9.69 Å². The van der Waals surface area contributed by atoms with Crippen molar-refractivity contribution in [2.24, 2.45) is 0 Å². The largest absolute Gasteiger partial charge is 0.370 e. The van der Waals surface area contributed by atoms with Crippen molar-refractivity contribution in [3.8, 4) is 0 Å². The number of nitrogens with zero attached hydrogens (tertiary/aromatic N) is 3. The molecule has 0 aromatic carbocycles. The van der Waals surface area contributed by atoms with Crippen LogP contribution in [-0.4, -0.2) is 48.0 Å². The first kappa shape index (κ1) is 15.4. The lowest BCUT2D eigenvalue weighted by Gasteiger charge is -2.15. The summed E-state index contributed by atoms with van der Waals surface area (Å²) < 4.78 is 0. The maximum atomic E-state index is 11.3. The van der Waals surface area contributed by atoms with Crippen LogP contribution < -0.4 is 10.6 Å². The average Bonchev–Trinajstić information content (AvgIpc) is 2.35. The van der Waals surface area contributed by atoms with E-state index in [1.807, 2.05) is 24.9 Å². The Labute approximate surface area is 114 Å². The van der Waals surface area contributed by atoms with Crippen molar-refractivity contribution < 1.29 is 4.79 Å². The number of anilines is 1. The Morgan fingerprint density at radius 2 is 2.16 bits per heavy atom. The van der Waals surface area contributed by atoms with Gasteiger partial charge in [-0.25, -0.2) is 9.97 Å². The Balaban J connectivity index is 2.66. The van der Waals surface area contributed by atoms with Gasteiger partial charge in [0.25, 0.3) is 0 Å². The third-order valence-corrected chi connectivity index (χ3v) is 2.56. The molecule has 0 aliphatic carbocycles. The quantitative estimate of drug-likeness (QED) is 0.762. The van der Waals surface area contributed by atoms with Crippen LogP contribution in [0.25, 0.3) is 0 Å². The second-order valence-corrected chi connectivity index (χ2v) is 4.58. The Kier molecular flexibility index (Phi) is 6.21. The molecule has 1 heterocycles. The highest BCUT2D eigenvalue weighted by molar-refractivity contribution is 5.77. The van der Waals surface area contributed by atoms with Gasteiger partial charge in [0.2, 0.25) is 5.91 Å². The Morgan fingerprint density at radius 3 is 2.79 bits per heavy atom. The van der Waals surface area contributed by atoms with Crippen molar-refractivity contribution in [1.29, 1.82) is 0 Å². The molecule has 0 spiro atoms. The topological polar surface area (TPSA) is 70.2 Å². The molecule has 1 rings (SSSR count). The van der Waals surface area contributed by atoms with Gasteiger partial charge < -0.3 is 10.6 Å². The highest BCUT2D eigenvalue weighted by Crippen LogP contribution is 2.07. The predicted molar refractivity (Wildman–Crippen MR) is 76.0 cm³/mol. The van der Waals surface area contributed by atoms with Gasteiger partial charge >= 0.3 is 0 Å². The monoisotopic (exact) mass is 265 g/mol. The van der Waals surface area contributed by atoms with Crippen LogP contribution in [0.15, 0.2) is 6.07 Å². The summed E-state index contributed by atoms with van der Waals surface area (Å²) in [6.07, 6.45) is 1.05. The van der Waals surface area contributed by atoms with Crippen molar-refractivity contribution in [1.82, 2.24) is 20.2 Å². The fraction of sp³-hybridized carbons (Fsp3) is 0.615. The summed E-state index contributed by atoms with van der Waals surface area (Å²) in [5.74, 6) is 1.56. The van der Waals surface area contributed by atoms with Crippen LogP contribution in [0.2, 0.25) is 0 Å². The van der Waals surface area contributed by atoms with Gasteiger partial charge in [0.1, 0.15) is 11.6 Å². The summed E-state index contributed by atoms with van der Waals surface area (Å²) in [4.78, 5) is 22.0. The molecule has 0 aliphatic rings. The summed E-state index contributed by atoms with van der Waals surface area (Å²) in [6, 6.07) is 1.93. The zero-order valence-corrected chi connectivity index (χ0v) is 12.2. The van der Waals surface area contributed by atoms with Gasteiger partial charge in [-0.05, 0) is 20.4 Å². The number of carbonyl (C=O) groups is 1. The molecule has 0 saturated heterocycles. The van der Waals surface area contributed by atoms with Gasteiger partial charge in [-0.2, -0.15) is 0 Å². The molecular weight excluding hydrogens is 242 g/mol. The fourth-order valence-corrected chi connectivity index (χ4v) is 1.67. The highest BCUT2D eigenvalue weighted by Gasteiger charge is 2.08. The maximum Gasteiger partial charge on any atom is 0.233 e. The predicted octanol–water partition coefficient (Wildman–Crippen LogP) is 0.785. The molecule has 0 atom stereocenters. The summed E-state index contributed by atoms with van der Waals surface area (Å²) in [6.45, 7) is 5.84. The molecule has 0 unspecified atom stereocenters. The van der Waals surface area contributed by atoms with E-state index in [2.05, 4.69) is 27.5 Å². The van der Waals surface area contributed by atoms with Gasteiger partial charge in [-0.1, -0.05) is 6.92 Å². The first-order valence-corrected chi connectivity index (χ1v) is 6.52. The minimum absolute atomic E-state index is 0.0144. The van der Waals surface area contributed by atoms with Gasteiger partial charge in [0.05, 0.1) is 13.1 Å². The highest BCUT2D eigenvalue weighted by atomic mass is 16.1. The molecule has 6 nitrogen and oxygen atoms in total. The normalized spacial score (nSPS) is 10.6. The van der Waals surface area contributed by atoms with Crippen LogP contribution in [0.1, 0.15) is 24.9 Å². The second-order valence-electron chi connectivity index (χ2n) is 4.58. The number of nitrogens with one attached hydrogen (secondary N) is 2. The van der Waals surface area contributed by atoms with E-state index in [1.54, 1.807) is 7.05 Å². The van der Waals surface area contributed by atoms with Crippen molar-refractivity contribution in [3.63, 3.8) is 0 Å². The molecule has 1 aromatic rings. The van der Waals surface area contributed by atoms with Crippen LogP contribution in [0.5, 0.6) is 0 Å². The van der Waals surface area contributed by atoms with Crippen molar-refractivity contribution >= 4 is 11.7 Å². The Morgan fingerprint density at radius 1 is 1.42 bits per heavy atom. The summed E-state index contributed by atoms with van der Waals surface area (Å²) in [5, 5.41) is 5.85. The minimum atomic E-state index is -0.0144. The summed E-state index contributed by atoms with van der Waals surface area (Å²) in [7, 11) is 3.51. The molecule has 19 heavy (non-hydrogen) atoms. The lowest BCUT2D eigenvalue weighted by atomic mass is 10.3. The lowest BCUT2D eigenvalue weighted by Crippen LogP contribution is -2.33. The van der Waals surface area contributed by atoms with E-state index in [0.717, 1.165) is 30.3 Å². The SMILES string of the molecule is CCCNc1cc(C)nc(CN(C)CC(=O)NC)n1. The molecule has 0 saturated carbocycles. The fourth-order valence-electron chi connectivity index (χ4n) is 1.67. The number of aryl methyl sites for hydroxylation is 1. The standard InChI is InChI=1S/C13H23N5O/c1-5-6-15-11-7-10(2)16-12(17-11)8-18(4)9-13(19)14-3/h7H,5-6,8-9H2,1-4H3,(H,14,19)(H,15,16,17). The van der Waals surface area contributed by atoms with Crippen LogP contribution in [0, 0.1) is 6.92 Å². The van der Waals surface area contributed by atoms with E-state index in [1.165, 1.54) is 0 Å². The zero-order chi connectivity index (χ0) is 14.3. The van der Waals surface area contributed by atoms with Crippen LogP contribution in [-0.2, 0) is 11.3 Å². The first-order valence-electron chi connectivity index (χ1n) is 6.52. The first-order chi connectivity index (χ1) is 9.05. The summed E-state index contributed by atoms with van der Waals surface area (Å²) >= 11 is 0. The zero-order valence-electron chi connectivity index (χ0n) is 12.2. The number of hydrogen-bond donors (Lipinski definition) is 2. The molecule has 0 bridgehead atoms. The average molecular weight is 265 g/mol. The third kappa shape index (κ3) is 5.65. The maximum absolute atomic E-state index is 11.3. The Hall–Kier alpha value is -1.69. The minimum Gasteiger partial charge on any atom is -0.370 e. The Bertz CT molecular complexity index is 421. The molecule has 0 radical (unpaired) electrons. The molecule has 1 amide bonds. The number of hydrogen-bond acceptors (Lipinski definition) is 5. The number of carbonyl (C=O) groups excluding carboxylic acids is 1. The van der Waals surface area contributed by atoms with Gasteiger partial charge in [-0.15, -0.1) is 0 Å². The lowest BCUT2D eigenvalue weighted by molar-refractivity contribution is -0.121. The van der Waals surface area contributed by atoms with Crippen molar-refractivity contribution in [3.05, 3.63) is 17.6 Å². The molecule has 6 heteroatoms. The van der Waals surface area contributed by atoms with Crippen LogP contribution in [0.4, 0.5) is 5.82 Å². The van der Waals surface area contributed by atoms with Crippen LogP contribution >= 0.6 is 0 Å². The van der Waals surface area contributed by atoms with E-state index in [4.69, 9.17) is 0 Å². The molecule has 2 N–H and O–H groups in total. The number of rotatable bonds is 7. The summed E-state index contributed by atoms with van der Waals surface area (Å²) in [5.41, 5.74) is 0.928. The molecule has 106 valence electrons. The molecule has 0 aliphatic heterocycles. The van der Waals surface area contributed by atoms with E-state index in [0.29, 0.717) is 13.1 Å². The number of aromatic nitrogens is 2. The van der Waals surface area contributed by atoms with Crippen LogP contribution in [0.3, 0.4) is 0 Å². The van der Waals surface area contributed by atoms with Gasteiger partial charge in [0, 0.05) is 25.4 Å².